The van der Waals surface area contributed by atoms with E-state index in [1.165, 1.54) is 5.56 Å². The van der Waals surface area contributed by atoms with Gasteiger partial charge in [-0.05, 0) is 39.7 Å². The molecular formula is C15H13Br2NOS. The lowest BCUT2D eigenvalue weighted by atomic mass is 10.2. The summed E-state index contributed by atoms with van der Waals surface area (Å²) in [6, 6.07) is 15.7. The summed E-state index contributed by atoms with van der Waals surface area (Å²) in [6.45, 7) is 0. The third-order valence-electron chi connectivity index (χ3n) is 2.60. The smallest absolute Gasteiger partial charge is 0.234 e. The maximum absolute atomic E-state index is 11.9. The van der Waals surface area contributed by atoms with Crippen LogP contribution < -0.4 is 5.32 Å². The maximum atomic E-state index is 11.9. The number of para-hydroxylation sites is 1. The molecule has 0 radical (unpaired) electrons. The van der Waals surface area contributed by atoms with E-state index in [0.717, 1.165) is 20.4 Å². The Balaban J connectivity index is 1.82. The van der Waals surface area contributed by atoms with Gasteiger partial charge in [-0.25, -0.2) is 0 Å². The van der Waals surface area contributed by atoms with Gasteiger partial charge < -0.3 is 5.32 Å². The van der Waals surface area contributed by atoms with Crippen molar-refractivity contribution in [2.75, 3.05) is 11.1 Å². The number of hydrogen-bond donors (Lipinski definition) is 1. The first-order chi connectivity index (χ1) is 9.66. The predicted octanol–water partition coefficient (Wildman–Crippen LogP) is 5.08. The van der Waals surface area contributed by atoms with E-state index in [1.807, 2.05) is 42.5 Å². The lowest BCUT2D eigenvalue weighted by molar-refractivity contribution is -0.113. The molecule has 0 aliphatic carbocycles. The molecule has 0 spiro atoms. The number of benzene rings is 2. The molecule has 0 heterocycles. The second-order valence-corrected chi connectivity index (χ2v) is 6.81. The summed E-state index contributed by atoms with van der Waals surface area (Å²) >= 11 is 8.51. The summed E-state index contributed by atoms with van der Waals surface area (Å²) in [4.78, 5) is 11.9. The van der Waals surface area contributed by atoms with E-state index in [-0.39, 0.29) is 5.91 Å². The van der Waals surface area contributed by atoms with E-state index in [2.05, 4.69) is 43.2 Å². The average molecular weight is 415 g/mol. The molecule has 0 unspecified atom stereocenters. The van der Waals surface area contributed by atoms with Crippen LogP contribution in [-0.4, -0.2) is 11.7 Å². The first-order valence-corrected chi connectivity index (χ1v) is 8.76. The van der Waals surface area contributed by atoms with Crippen LogP contribution in [0.25, 0.3) is 0 Å². The van der Waals surface area contributed by atoms with E-state index in [9.17, 15) is 4.79 Å². The lowest BCUT2D eigenvalue weighted by Crippen LogP contribution is -2.14. The maximum Gasteiger partial charge on any atom is 0.234 e. The van der Waals surface area contributed by atoms with Crippen molar-refractivity contribution in [3.8, 4) is 0 Å². The largest absolute Gasteiger partial charge is 0.324 e. The fourth-order valence-electron chi connectivity index (χ4n) is 1.62. The summed E-state index contributed by atoms with van der Waals surface area (Å²) in [5, 5.41) is 2.89. The molecule has 2 aromatic carbocycles. The Bertz CT molecular complexity index is 604. The predicted molar refractivity (Wildman–Crippen MR) is 93.1 cm³/mol. The fourth-order valence-corrected chi connectivity index (χ4v) is 3.44. The van der Waals surface area contributed by atoms with Crippen LogP contribution in [0.2, 0.25) is 0 Å². The van der Waals surface area contributed by atoms with Crippen molar-refractivity contribution >= 4 is 55.2 Å². The van der Waals surface area contributed by atoms with E-state index >= 15 is 0 Å². The summed E-state index contributed by atoms with van der Waals surface area (Å²) in [7, 11) is 0. The molecule has 2 aromatic rings. The van der Waals surface area contributed by atoms with Crippen molar-refractivity contribution in [3.05, 3.63) is 63.0 Å². The van der Waals surface area contributed by atoms with E-state index < -0.39 is 0 Å². The van der Waals surface area contributed by atoms with Crippen LogP contribution in [0.3, 0.4) is 0 Å². The Morgan fingerprint density at radius 3 is 2.35 bits per heavy atom. The molecule has 0 fully saturated rings. The lowest BCUT2D eigenvalue weighted by Gasteiger charge is -2.07. The Hall–Kier alpha value is -0.780. The number of carbonyl (C=O) groups excluding carboxylic acids is 1. The first kappa shape index (κ1) is 15.6. The van der Waals surface area contributed by atoms with Crippen LogP contribution in [0.5, 0.6) is 0 Å². The normalized spacial score (nSPS) is 10.3. The zero-order valence-corrected chi connectivity index (χ0v) is 14.6. The molecule has 0 saturated carbocycles. The second kappa shape index (κ2) is 7.86. The number of halogens is 2. The van der Waals surface area contributed by atoms with E-state index in [4.69, 9.17) is 0 Å². The molecule has 0 saturated heterocycles. The zero-order valence-electron chi connectivity index (χ0n) is 10.6. The average Bonchev–Trinajstić information content (AvgIpc) is 2.43. The highest BCUT2D eigenvalue weighted by atomic mass is 79.9. The Morgan fingerprint density at radius 1 is 1.00 bits per heavy atom. The van der Waals surface area contributed by atoms with Crippen molar-refractivity contribution in [1.82, 2.24) is 0 Å². The number of nitrogens with one attached hydrogen (secondary N) is 1. The highest BCUT2D eigenvalue weighted by Crippen LogP contribution is 2.23. The van der Waals surface area contributed by atoms with Crippen molar-refractivity contribution in [2.45, 2.75) is 5.75 Å². The highest BCUT2D eigenvalue weighted by Gasteiger charge is 2.06. The molecular weight excluding hydrogens is 402 g/mol. The van der Waals surface area contributed by atoms with Gasteiger partial charge in [0.15, 0.2) is 0 Å². The van der Waals surface area contributed by atoms with Gasteiger partial charge in [-0.1, -0.05) is 46.3 Å². The van der Waals surface area contributed by atoms with Gasteiger partial charge in [-0.3, -0.25) is 4.79 Å². The Kier molecular flexibility index (Phi) is 6.13. The van der Waals surface area contributed by atoms with Gasteiger partial charge in [0.2, 0.25) is 5.91 Å². The quantitative estimate of drug-likeness (QED) is 0.738. The van der Waals surface area contributed by atoms with Gasteiger partial charge in [-0.15, -0.1) is 11.8 Å². The molecule has 0 atom stereocenters. The minimum Gasteiger partial charge on any atom is -0.324 e. The topological polar surface area (TPSA) is 29.1 Å². The third-order valence-corrected chi connectivity index (χ3v) is 5.04. The molecule has 0 aromatic heterocycles. The van der Waals surface area contributed by atoms with E-state index in [1.54, 1.807) is 11.8 Å². The number of amides is 1. The van der Waals surface area contributed by atoms with Crippen LogP contribution >= 0.6 is 43.6 Å². The van der Waals surface area contributed by atoms with Crippen LogP contribution in [0.15, 0.2) is 57.5 Å². The monoisotopic (exact) mass is 413 g/mol. The SMILES string of the molecule is O=C(CSCc1ccccc1Br)Nc1ccccc1Br. The van der Waals surface area contributed by atoms with Crippen molar-refractivity contribution < 1.29 is 4.79 Å². The number of thioether (sulfide) groups is 1. The molecule has 0 aliphatic rings. The fraction of sp³-hybridized carbons (Fsp3) is 0.133. The van der Waals surface area contributed by atoms with Crippen molar-refractivity contribution in [3.63, 3.8) is 0 Å². The minimum atomic E-state index is 0.00829. The van der Waals surface area contributed by atoms with Gasteiger partial charge in [0.05, 0.1) is 11.4 Å². The minimum absolute atomic E-state index is 0.00829. The standard InChI is InChI=1S/C15H13Br2NOS/c16-12-6-2-1-5-11(12)9-20-10-15(19)18-14-8-4-3-7-13(14)17/h1-8H,9-10H2,(H,18,19). The summed E-state index contributed by atoms with van der Waals surface area (Å²) in [5.41, 5.74) is 2.00. The highest BCUT2D eigenvalue weighted by molar-refractivity contribution is 9.10. The molecule has 104 valence electrons. The van der Waals surface area contributed by atoms with Gasteiger partial charge in [-0.2, -0.15) is 0 Å². The van der Waals surface area contributed by atoms with Gasteiger partial charge >= 0.3 is 0 Å². The zero-order chi connectivity index (χ0) is 14.4. The van der Waals surface area contributed by atoms with Crippen molar-refractivity contribution in [2.24, 2.45) is 0 Å². The molecule has 0 aliphatic heterocycles. The molecule has 2 nitrogen and oxygen atoms in total. The Morgan fingerprint density at radius 2 is 1.65 bits per heavy atom. The van der Waals surface area contributed by atoms with E-state index in [0.29, 0.717) is 5.75 Å². The first-order valence-electron chi connectivity index (χ1n) is 6.02. The second-order valence-electron chi connectivity index (χ2n) is 4.11. The molecule has 1 N–H and O–H groups in total. The summed E-state index contributed by atoms with van der Waals surface area (Å²) in [6.07, 6.45) is 0. The number of anilines is 1. The Labute approximate surface area is 139 Å². The van der Waals surface area contributed by atoms with Crippen LogP contribution in [-0.2, 0) is 10.5 Å². The summed E-state index contributed by atoms with van der Waals surface area (Å²) < 4.78 is 1.97. The van der Waals surface area contributed by atoms with Crippen LogP contribution in [0.4, 0.5) is 5.69 Å². The molecule has 0 bridgehead atoms. The third kappa shape index (κ3) is 4.65. The van der Waals surface area contributed by atoms with Crippen molar-refractivity contribution in [1.29, 1.82) is 0 Å². The summed E-state index contributed by atoms with van der Waals surface area (Å²) in [5.74, 6) is 1.25. The van der Waals surface area contributed by atoms with Gasteiger partial charge in [0.25, 0.3) is 0 Å². The molecule has 20 heavy (non-hydrogen) atoms. The molecule has 5 heteroatoms. The van der Waals surface area contributed by atoms with Gasteiger partial charge in [0, 0.05) is 14.7 Å². The van der Waals surface area contributed by atoms with Crippen LogP contribution in [0, 0.1) is 0 Å². The van der Waals surface area contributed by atoms with Crippen LogP contribution in [0.1, 0.15) is 5.56 Å². The molecule has 1 amide bonds. The van der Waals surface area contributed by atoms with Gasteiger partial charge in [0.1, 0.15) is 0 Å². The molecule has 2 rings (SSSR count). The number of hydrogen-bond acceptors (Lipinski definition) is 2. The number of rotatable bonds is 5. The number of carbonyl (C=O) groups is 1.